The van der Waals surface area contributed by atoms with Gasteiger partial charge in [-0.15, -0.1) is 0 Å². The number of carbonyl (C=O) groups is 1. The summed E-state index contributed by atoms with van der Waals surface area (Å²) in [5.74, 6) is -0.362. The number of pyridine rings is 1. The second kappa shape index (κ2) is 8.58. The van der Waals surface area contributed by atoms with Crippen molar-refractivity contribution in [3.63, 3.8) is 0 Å². The standard InChI is InChI=1S/C23H28N6O3/c1-5-28-8-10-29(11-9-28)19-7-6-17(12-15(19)2)25-21(30)16-13-18-20(24-14-16)26(3)23(32)27(4)22(18)31/h6-7,12-14H,5,8-11H2,1-4H3,(H,25,30). The summed E-state index contributed by atoms with van der Waals surface area (Å²) in [6.45, 7) is 9.37. The highest BCUT2D eigenvalue weighted by atomic mass is 16.2. The zero-order valence-corrected chi connectivity index (χ0v) is 18.9. The van der Waals surface area contributed by atoms with E-state index in [1.165, 1.54) is 29.6 Å². The van der Waals surface area contributed by atoms with Gasteiger partial charge >= 0.3 is 5.69 Å². The van der Waals surface area contributed by atoms with Crippen LogP contribution in [0.25, 0.3) is 11.0 Å². The van der Waals surface area contributed by atoms with Crippen LogP contribution in [0.5, 0.6) is 0 Å². The molecule has 1 aromatic carbocycles. The molecule has 2 aromatic heterocycles. The van der Waals surface area contributed by atoms with E-state index in [1.807, 2.05) is 25.1 Å². The van der Waals surface area contributed by atoms with Gasteiger partial charge in [-0.25, -0.2) is 9.78 Å². The number of benzene rings is 1. The Morgan fingerprint density at radius 3 is 2.44 bits per heavy atom. The smallest absolute Gasteiger partial charge is 0.332 e. The second-order valence-corrected chi connectivity index (χ2v) is 8.18. The summed E-state index contributed by atoms with van der Waals surface area (Å²) < 4.78 is 2.30. The number of anilines is 2. The maximum atomic E-state index is 12.8. The average Bonchev–Trinajstić information content (AvgIpc) is 2.81. The number of aromatic nitrogens is 3. The average molecular weight is 437 g/mol. The maximum absolute atomic E-state index is 12.8. The summed E-state index contributed by atoms with van der Waals surface area (Å²) in [5.41, 5.74) is 2.51. The molecular formula is C23H28N6O3. The van der Waals surface area contributed by atoms with Gasteiger partial charge in [0.05, 0.1) is 10.9 Å². The van der Waals surface area contributed by atoms with E-state index in [0.29, 0.717) is 5.69 Å². The number of hydrogen-bond acceptors (Lipinski definition) is 6. The number of likely N-dealkylation sites (N-methyl/N-ethyl adjacent to an activating group) is 1. The van der Waals surface area contributed by atoms with Gasteiger partial charge in [-0.1, -0.05) is 6.92 Å². The number of nitrogens with one attached hydrogen (secondary N) is 1. The highest BCUT2D eigenvalue weighted by Crippen LogP contribution is 2.25. The number of hydrogen-bond donors (Lipinski definition) is 1. The van der Waals surface area contributed by atoms with Gasteiger partial charge in [0.15, 0.2) is 0 Å². The first kappa shape index (κ1) is 21.8. The van der Waals surface area contributed by atoms with Crippen molar-refractivity contribution in [2.45, 2.75) is 13.8 Å². The molecule has 1 amide bonds. The summed E-state index contributed by atoms with van der Waals surface area (Å²) >= 11 is 0. The minimum absolute atomic E-state index is 0.222. The van der Waals surface area contributed by atoms with Gasteiger partial charge in [0, 0.05) is 57.8 Å². The number of carbonyl (C=O) groups excluding carboxylic acids is 1. The van der Waals surface area contributed by atoms with E-state index in [4.69, 9.17) is 0 Å². The lowest BCUT2D eigenvalue weighted by Crippen LogP contribution is -2.46. The molecule has 1 fully saturated rings. The molecule has 0 bridgehead atoms. The Bertz CT molecular complexity index is 1300. The molecule has 1 aliphatic rings. The van der Waals surface area contributed by atoms with Crippen molar-refractivity contribution < 1.29 is 4.79 Å². The number of amides is 1. The van der Waals surface area contributed by atoms with Crippen LogP contribution in [0.1, 0.15) is 22.8 Å². The van der Waals surface area contributed by atoms with E-state index in [0.717, 1.165) is 42.9 Å². The largest absolute Gasteiger partial charge is 0.369 e. The third kappa shape index (κ3) is 3.91. The van der Waals surface area contributed by atoms with Crippen LogP contribution >= 0.6 is 0 Å². The molecule has 32 heavy (non-hydrogen) atoms. The second-order valence-electron chi connectivity index (χ2n) is 8.18. The molecule has 0 aliphatic carbocycles. The monoisotopic (exact) mass is 436 g/mol. The van der Waals surface area contributed by atoms with E-state index in [9.17, 15) is 14.4 Å². The lowest BCUT2D eigenvalue weighted by molar-refractivity contribution is 0.102. The number of rotatable bonds is 4. The maximum Gasteiger partial charge on any atom is 0.332 e. The molecule has 0 atom stereocenters. The lowest BCUT2D eigenvalue weighted by atomic mass is 10.1. The molecule has 3 heterocycles. The summed E-state index contributed by atoms with van der Waals surface area (Å²) in [4.78, 5) is 46.4. The molecule has 1 aliphatic heterocycles. The fourth-order valence-electron chi connectivity index (χ4n) is 4.19. The van der Waals surface area contributed by atoms with E-state index < -0.39 is 11.2 Å². The van der Waals surface area contributed by atoms with Gasteiger partial charge in [0.1, 0.15) is 5.65 Å². The molecule has 4 rings (SSSR count). The normalized spacial score (nSPS) is 14.7. The van der Waals surface area contributed by atoms with Gasteiger partial charge < -0.3 is 15.1 Å². The Hall–Kier alpha value is -3.46. The third-order valence-corrected chi connectivity index (χ3v) is 6.17. The van der Waals surface area contributed by atoms with Crippen LogP contribution in [0.3, 0.4) is 0 Å². The number of nitrogens with zero attached hydrogens (tertiary/aromatic N) is 5. The van der Waals surface area contributed by atoms with Crippen molar-refractivity contribution in [2.75, 3.05) is 42.9 Å². The summed E-state index contributed by atoms with van der Waals surface area (Å²) in [6, 6.07) is 7.37. The van der Waals surface area contributed by atoms with Crippen LogP contribution in [-0.4, -0.2) is 57.6 Å². The van der Waals surface area contributed by atoms with E-state index in [-0.39, 0.29) is 22.5 Å². The molecule has 1 N–H and O–H groups in total. The van der Waals surface area contributed by atoms with E-state index >= 15 is 0 Å². The fraction of sp³-hybridized carbons (Fsp3) is 0.391. The Morgan fingerprint density at radius 2 is 1.78 bits per heavy atom. The van der Waals surface area contributed by atoms with E-state index in [1.54, 1.807) is 7.05 Å². The summed E-state index contributed by atoms with van der Waals surface area (Å²) in [7, 11) is 2.95. The molecule has 168 valence electrons. The van der Waals surface area contributed by atoms with Gasteiger partial charge in [-0.2, -0.15) is 0 Å². The lowest BCUT2D eigenvalue weighted by Gasteiger charge is -2.36. The highest BCUT2D eigenvalue weighted by molar-refractivity contribution is 6.05. The van der Waals surface area contributed by atoms with Gasteiger partial charge in [-0.3, -0.25) is 18.7 Å². The van der Waals surface area contributed by atoms with Crippen molar-refractivity contribution in [2.24, 2.45) is 14.1 Å². The Labute approximate surface area is 185 Å². The van der Waals surface area contributed by atoms with Crippen LogP contribution < -0.4 is 21.5 Å². The van der Waals surface area contributed by atoms with Crippen LogP contribution in [-0.2, 0) is 14.1 Å². The zero-order valence-electron chi connectivity index (χ0n) is 18.9. The predicted octanol–water partition coefficient (Wildman–Crippen LogP) is 1.33. The first-order valence-electron chi connectivity index (χ1n) is 10.7. The Morgan fingerprint density at radius 1 is 1.06 bits per heavy atom. The van der Waals surface area contributed by atoms with Crippen molar-refractivity contribution in [3.8, 4) is 0 Å². The van der Waals surface area contributed by atoms with Crippen LogP contribution in [0.4, 0.5) is 11.4 Å². The Balaban J connectivity index is 1.55. The minimum Gasteiger partial charge on any atom is -0.369 e. The van der Waals surface area contributed by atoms with Crippen molar-refractivity contribution >= 4 is 28.3 Å². The highest BCUT2D eigenvalue weighted by Gasteiger charge is 2.18. The van der Waals surface area contributed by atoms with Crippen molar-refractivity contribution in [1.82, 2.24) is 19.0 Å². The van der Waals surface area contributed by atoms with Crippen LogP contribution in [0.2, 0.25) is 0 Å². The summed E-state index contributed by atoms with van der Waals surface area (Å²) in [6.07, 6.45) is 1.38. The molecule has 0 saturated carbocycles. The minimum atomic E-state index is -0.478. The number of piperazine rings is 1. The molecule has 0 spiro atoms. The molecule has 1 saturated heterocycles. The van der Waals surface area contributed by atoms with Gasteiger partial charge in [0.25, 0.3) is 11.5 Å². The quantitative estimate of drug-likeness (QED) is 0.664. The van der Waals surface area contributed by atoms with Crippen LogP contribution in [0, 0.1) is 6.92 Å². The fourth-order valence-corrected chi connectivity index (χ4v) is 4.19. The number of aryl methyl sites for hydroxylation is 2. The van der Waals surface area contributed by atoms with Crippen molar-refractivity contribution in [1.29, 1.82) is 0 Å². The Kier molecular flexibility index (Phi) is 5.84. The van der Waals surface area contributed by atoms with Gasteiger partial charge in [-0.05, 0) is 43.3 Å². The first-order chi connectivity index (χ1) is 15.3. The molecule has 0 unspecified atom stereocenters. The van der Waals surface area contributed by atoms with E-state index in [2.05, 4.69) is 27.0 Å². The predicted molar refractivity (Wildman–Crippen MR) is 126 cm³/mol. The molecule has 0 radical (unpaired) electrons. The van der Waals surface area contributed by atoms with Gasteiger partial charge in [0.2, 0.25) is 0 Å². The zero-order chi connectivity index (χ0) is 23.0. The molecule has 9 heteroatoms. The SMILES string of the molecule is CCN1CCN(c2ccc(NC(=O)c3cnc4c(c3)c(=O)n(C)c(=O)n4C)cc2C)CC1. The third-order valence-electron chi connectivity index (χ3n) is 6.17. The summed E-state index contributed by atoms with van der Waals surface area (Å²) in [5, 5.41) is 3.11. The van der Waals surface area contributed by atoms with Crippen molar-refractivity contribution in [3.05, 3.63) is 62.4 Å². The topological polar surface area (TPSA) is 92.5 Å². The first-order valence-corrected chi connectivity index (χ1v) is 10.7. The molecular weight excluding hydrogens is 408 g/mol. The van der Waals surface area contributed by atoms with Crippen LogP contribution in [0.15, 0.2) is 40.1 Å². The number of fused-ring (bicyclic) bond motifs is 1. The molecule has 9 nitrogen and oxygen atoms in total. The molecule has 3 aromatic rings.